The third-order valence-corrected chi connectivity index (χ3v) is 1.54. The van der Waals surface area contributed by atoms with Gasteiger partial charge in [-0.2, -0.15) is 0 Å². The first-order valence-corrected chi connectivity index (χ1v) is 4.94. The Morgan fingerprint density at radius 2 is 1.50 bits per heavy atom. The van der Waals surface area contributed by atoms with E-state index in [0.717, 1.165) is 5.69 Å². The SMILES string of the molecule is CC.CC(=O)Nc1cc(C)cc(C)c1. The van der Waals surface area contributed by atoms with Crippen molar-refractivity contribution in [1.29, 1.82) is 0 Å². The van der Waals surface area contributed by atoms with Crippen molar-refractivity contribution in [3.63, 3.8) is 0 Å². The van der Waals surface area contributed by atoms with Crippen LogP contribution in [0, 0.1) is 13.8 Å². The molecule has 1 aromatic rings. The molecule has 0 aliphatic rings. The second kappa shape index (κ2) is 6.19. The van der Waals surface area contributed by atoms with Gasteiger partial charge in [-0.15, -0.1) is 0 Å². The quantitative estimate of drug-likeness (QED) is 0.728. The van der Waals surface area contributed by atoms with E-state index in [2.05, 4.69) is 11.4 Å². The number of amides is 1. The van der Waals surface area contributed by atoms with Crippen LogP contribution in [0.1, 0.15) is 31.9 Å². The smallest absolute Gasteiger partial charge is 0.221 e. The van der Waals surface area contributed by atoms with E-state index in [0.29, 0.717) is 0 Å². The highest BCUT2D eigenvalue weighted by Gasteiger charge is 1.96. The zero-order chi connectivity index (χ0) is 11.1. The highest BCUT2D eigenvalue weighted by molar-refractivity contribution is 5.88. The monoisotopic (exact) mass is 193 g/mol. The van der Waals surface area contributed by atoms with Crippen LogP contribution < -0.4 is 5.32 Å². The van der Waals surface area contributed by atoms with Gasteiger partial charge in [-0.1, -0.05) is 19.9 Å². The molecule has 14 heavy (non-hydrogen) atoms. The lowest BCUT2D eigenvalue weighted by Gasteiger charge is -2.04. The highest BCUT2D eigenvalue weighted by Crippen LogP contribution is 2.13. The molecule has 0 aliphatic heterocycles. The van der Waals surface area contributed by atoms with Crippen LogP contribution in [-0.2, 0) is 4.79 Å². The van der Waals surface area contributed by atoms with Gasteiger partial charge >= 0.3 is 0 Å². The van der Waals surface area contributed by atoms with Crippen molar-refractivity contribution in [3.05, 3.63) is 29.3 Å². The van der Waals surface area contributed by atoms with Gasteiger partial charge in [-0.3, -0.25) is 4.79 Å². The fourth-order valence-corrected chi connectivity index (χ4v) is 1.25. The molecule has 2 heteroatoms. The summed E-state index contributed by atoms with van der Waals surface area (Å²) in [6.07, 6.45) is 0. The average molecular weight is 193 g/mol. The largest absolute Gasteiger partial charge is 0.326 e. The minimum atomic E-state index is -0.0278. The predicted molar refractivity (Wildman–Crippen MR) is 61.6 cm³/mol. The van der Waals surface area contributed by atoms with E-state index in [-0.39, 0.29) is 5.91 Å². The second-order valence-electron chi connectivity index (χ2n) is 3.06. The van der Waals surface area contributed by atoms with Crippen LogP contribution in [0.2, 0.25) is 0 Å². The summed E-state index contributed by atoms with van der Waals surface area (Å²) in [6.45, 7) is 9.54. The first kappa shape index (κ1) is 12.7. The van der Waals surface area contributed by atoms with Gasteiger partial charge in [0.25, 0.3) is 0 Å². The Labute approximate surface area is 86.3 Å². The molecular formula is C12H19NO. The van der Waals surface area contributed by atoms with Crippen molar-refractivity contribution >= 4 is 11.6 Å². The molecule has 0 bridgehead atoms. The molecule has 0 atom stereocenters. The summed E-state index contributed by atoms with van der Waals surface area (Å²) in [7, 11) is 0. The van der Waals surface area contributed by atoms with Gasteiger partial charge in [0.05, 0.1) is 0 Å². The van der Waals surface area contributed by atoms with Crippen molar-refractivity contribution in [2.75, 3.05) is 5.32 Å². The van der Waals surface area contributed by atoms with Crippen LogP contribution in [0.5, 0.6) is 0 Å². The third-order valence-electron chi connectivity index (χ3n) is 1.54. The molecule has 1 aromatic carbocycles. The molecule has 0 saturated carbocycles. The Morgan fingerprint density at radius 3 is 1.86 bits per heavy atom. The maximum absolute atomic E-state index is 10.7. The predicted octanol–water partition coefficient (Wildman–Crippen LogP) is 3.29. The van der Waals surface area contributed by atoms with Crippen molar-refractivity contribution < 1.29 is 4.79 Å². The molecule has 0 heterocycles. The molecule has 1 N–H and O–H groups in total. The summed E-state index contributed by atoms with van der Waals surface area (Å²) in [5.41, 5.74) is 3.21. The minimum Gasteiger partial charge on any atom is -0.326 e. The molecular weight excluding hydrogens is 174 g/mol. The van der Waals surface area contributed by atoms with Gasteiger partial charge in [-0.05, 0) is 37.1 Å². The summed E-state index contributed by atoms with van der Waals surface area (Å²) in [6, 6.07) is 5.98. The van der Waals surface area contributed by atoms with E-state index in [9.17, 15) is 4.79 Å². The van der Waals surface area contributed by atoms with Gasteiger partial charge in [-0.25, -0.2) is 0 Å². The van der Waals surface area contributed by atoms with Crippen LogP contribution in [0.25, 0.3) is 0 Å². The molecule has 78 valence electrons. The Kier molecular flexibility index (Phi) is 5.61. The number of carbonyl (C=O) groups is 1. The molecule has 0 saturated heterocycles. The summed E-state index contributed by atoms with van der Waals surface area (Å²) in [4.78, 5) is 10.7. The lowest BCUT2D eigenvalue weighted by Crippen LogP contribution is -2.05. The molecule has 0 aromatic heterocycles. The van der Waals surface area contributed by atoms with E-state index < -0.39 is 0 Å². The molecule has 2 nitrogen and oxygen atoms in total. The van der Waals surface area contributed by atoms with Crippen LogP contribution in [0.15, 0.2) is 18.2 Å². The minimum absolute atomic E-state index is 0.0278. The number of hydrogen-bond donors (Lipinski definition) is 1. The van der Waals surface area contributed by atoms with E-state index in [1.165, 1.54) is 18.1 Å². The van der Waals surface area contributed by atoms with Gasteiger partial charge < -0.3 is 5.32 Å². The summed E-state index contributed by atoms with van der Waals surface area (Å²) < 4.78 is 0. The van der Waals surface area contributed by atoms with Crippen molar-refractivity contribution in [3.8, 4) is 0 Å². The van der Waals surface area contributed by atoms with Crippen molar-refractivity contribution in [2.24, 2.45) is 0 Å². The van der Waals surface area contributed by atoms with Gasteiger partial charge in [0.1, 0.15) is 0 Å². The lowest BCUT2D eigenvalue weighted by atomic mass is 10.1. The van der Waals surface area contributed by atoms with E-state index >= 15 is 0 Å². The molecule has 0 aliphatic carbocycles. The normalized spacial score (nSPS) is 8.64. The maximum atomic E-state index is 10.7. The standard InChI is InChI=1S/C10H13NO.C2H6/c1-7-4-8(2)6-10(5-7)11-9(3)12;1-2/h4-6H,1-3H3,(H,11,12);1-2H3. The Balaban J connectivity index is 0.000000791. The van der Waals surface area contributed by atoms with E-state index in [1.807, 2.05) is 39.8 Å². The topological polar surface area (TPSA) is 29.1 Å². The van der Waals surface area contributed by atoms with E-state index in [4.69, 9.17) is 0 Å². The van der Waals surface area contributed by atoms with Crippen LogP contribution in [0.3, 0.4) is 0 Å². The second-order valence-corrected chi connectivity index (χ2v) is 3.06. The zero-order valence-corrected chi connectivity index (χ0v) is 9.64. The summed E-state index contributed by atoms with van der Waals surface area (Å²) >= 11 is 0. The van der Waals surface area contributed by atoms with Crippen molar-refractivity contribution in [2.45, 2.75) is 34.6 Å². The first-order chi connectivity index (χ1) is 6.58. The number of nitrogens with one attached hydrogen (secondary N) is 1. The molecule has 0 unspecified atom stereocenters. The Hall–Kier alpha value is -1.31. The highest BCUT2D eigenvalue weighted by atomic mass is 16.1. The zero-order valence-electron chi connectivity index (χ0n) is 9.64. The fourth-order valence-electron chi connectivity index (χ4n) is 1.25. The summed E-state index contributed by atoms with van der Waals surface area (Å²) in [5.74, 6) is -0.0278. The molecule has 0 fully saturated rings. The van der Waals surface area contributed by atoms with Crippen LogP contribution in [0.4, 0.5) is 5.69 Å². The molecule has 0 radical (unpaired) electrons. The van der Waals surface area contributed by atoms with E-state index in [1.54, 1.807) is 0 Å². The van der Waals surface area contributed by atoms with Crippen LogP contribution >= 0.6 is 0 Å². The van der Waals surface area contributed by atoms with Gasteiger partial charge in [0.2, 0.25) is 5.91 Å². The maximum Gasteiger partial charge on any atom is 0.221 e. The third kappa shape index (κ3) is 4.65. The number of rotatable bonds is 1. The lowest BCUT2D eigenvalue weighted by molar-refractivity contribution is -0.114. The molecule has 1 rings (SSSR count). The van der Waals surface area contributed by atoms with Gasteiger partial charge in [0, 0.05) is 12.6 Å². The first-order valence-electron chi connectivity index (χ1n) is 4.94. The van der Waals surface area contributed by atoms with Gasteiger partial charge in [0.15, 0.2) is 0 Å². The fraction of sp³-hybridized carbons (Fsp3) is 0.417. The number of hydrogen-bond acceptors (Lipinski definition) is 1. The van der Waals surface area contributed by atoms with Crippen LogP contribution in [-0.4, -0.2) is 5.91 Å². The average Bonchev–Trinajstić information content (AvgIpc) is 2.04. The molecule has 1 amide bonds. The number of carbonyl (C=O) groups excluding carboxylic acids is 1. The Morgan fingerprint density at radius 1 is 1.07 bits per heavy atom. The Bertz CT molecular complexity index is 285. The molecule has 0 spiro atoms. The number of benzene rings is 1. The van der Waals surface area contributed by atoms with Crippen molar-refractivity contribution in [1.82, 2.24) is 0 Å². The number of anilines is 1. The number of aryl methyl sites for hydroxylation is 2. The summed E-state index contributed by atoms with van der Waals surface area (Å²) in [5, 5.41) is 2.75.